The lowest BCUT2D eigenvalue weighted by molar-refractivity contribution is 0.105. The Morgan fingerprint density at radius 2 is 2.06 bits per heavy atom. The molecule has 6 nitrogen and oxygen atoms in total. The molecule has 0 saturated carbocycles. The zero-order valence-corrected chi connectivity index (χ0v) is 10.2. The third kappa shape index (κ3) is 4.14. The van der Waals surface area contributed by atoms with Gasteiger partial charge in [0.05, 0.1) is 18.4 Å². The molecule has 4 N–H and O–H groups in total. The van der Waals surface area contributed by atoms with Crippen LogP contribution in [0.5, 0.6) is 0 Å². The van der Waals surface area contributed by atoms with Crippen LogP contribution in [0.4, 0.5) is 5.69 Å². The molecule has 17 heavy (non-hydrogen) atoms. The number of benzene rings is 1. The van der Waals surface area contributed by atoms with Crippen LogP contribution in [0, 0.1) is 0 Å². The van der Waals surface area contributed by atoms with E-state index < -0.39 is 22.8 Å². The Balaban J connectivity index is 3.00. The summed E-state index contributed by atoms with van der Waals surface area (Å²) in [5.74, 6) is 0. The fourth-order valence-corrected chi connectivity index (χ4v) is 2.08. The lowest BCUT2D eigenvalue weighted by Crippen LogP contribution is -2.23. The van der Waals surface area contributed by atoms with Crippen molar-refractivity contribution in [2.75, 3.05) is 18.5 Å². The van der Waals surface area contributed by atoms with Gasteiger partial charge in [-0.15, -0.1) is 0 Å². The molecule has 0 spiro atoms. The average Bonchev–Trinajstić information content (AvgIpc) is 2.25. The quantitative estimate of drug-likeness (QED) is 0.580. The van der Waals surface area contributed by atoms with E-state index >= 15 is 0 Å². The molecule has 0 radical (unpaired) electrons. The van der Waals surface area contributed by atoms with Gasteiger partial charge in [-0.1, -0.05) is 11.6 Å². The summed E-state index contributed by atoms with van der Waals surface area (Å²) in [4.78, 5) is -0.380. The molecule has 0 aliphatic rings. The molecule has 1 unspecified atom stereocenters. The molecule has 0 aliphatic heterocycles. The molecule has 1 aromatic rings. The van der Waals surface area contributed by atoms with Crippen molar-refractivity contribution in [1.29, 1.82) is 0 Å². The highest BCUT2D eigenvalue weighted by Crippen LogP contribution is 2.24. The number of rotatable bonds is 5. The normalized spacial score (nSPS) is 13.4. The number of anilines is 1. The second kappa shape index (κ2) is 5.65. The number of nitrogens with one attached hydrogen (secondary N) is 1. The topological polar surface area (TPSA) is 107 Å². The van der Waals surface area contributed by atoms with Crippen molar-refractivity contribution < 1.29 is 23.2 Å². The van der Waals surface area contributed by atoms with Crippen molar-refractivity contribution in [2.45, 2.75) is 11.0 Å². The van der Waals surface area contributed by atoms with E-state index in [4.69, 9.17) is 26.4 Å². The third-order valence-corrected chi connectivity index (χ3v) is 3.09. The predicted octanol–water partition coefficient (Wildman–Crippen LogP) is 0.352. The van der Waals surface area contributed by atoms with Crippen LogP contribution in [-0.2, 0) is 10.1 Å². The molecule has 0 aromatic heterocycles. The van der Waals surface area contributed by atoms with Crippen LogP contribution >= 0.6 is 11.6 Å². The molecule has 1 aromatic carbocycles. The molecule has 0 fully saturated rings. The molecule has 1 atom stereocenters. The second-order valence-corrected chi connectivity index (χ2v) is 5.16. The molecular formula is C9H12ClNO5S. The summed E-state index contributed by atoms with van der Waals surface area (Å²) >= 11 is 5.62. The standard InChI is InChI=1S/C9H12ClNO5S/c10-6-1-2-8(11-4-7(13)5-12)9(3-6)17(14,15)16/h1-3,7,11-13H,4-5H2,(H,14,15,16). The Morgan fingerprint density at radius 3 is 2.59 bits per heavy atom. The molecule has 0 saturated heterocycles. The van der Waals surface area contributed by atoms with Gasteiger partial charge >= 0.3 is 0 Å². The first kappa shape index (κ1) is 14.2. The van der Waals surface area contributed by atoms with Gasteiger partial charge in [0.2, 0.25) is 0 Å². The SMILES string of the molecule is O=S(=O)(O)c1cc(Cl)ccc1NCC(O)CO. The zero-order valence-electron chi connectivity index (χ0n) is 8.67. The molecule has 0 aliphatic carbocycles. The largest absolute Gasteiger partial charge is 0.394 e. The van der Waals surface area contributed by atoms with Crippen LogP contribution < -0.4 is 5.32 Å². The predicted molar refractivity (Wildman–Crippen MR) is 62.8 cm³/mol. The zero-order chi connectivity index (χ0) is 13.1. The monoisotopic (exact) mass is 281 g/mol. The summed E-state index contributed by atoms with van der Waals surface area (Å²) in [6.45, 7) is -0.511. The lowest BCUT2D eigenvalue weighted by atomic mass is 10.3. The van der Waals surface area contributed by atoms with Crippen molar-refractivity contribution >= 4 is 27.4 Å². The first-order valence-electron chi connectivity index (χ1n) is 4.64. The van der Waals surface area contributed by atoms with Gasteiger partial charge in [-0.3, -0.25) is 4.55 Å². The summed E-state index contributed by atoms with van der Waals surface area (Å²) in [5.41, 5.74) is 0.101. The van der Waals surface area contributed by atoms with Gasteiger partial charge < -0.3 is 15.5 Å². The Bertz CT molecular complexity index is 490. The van der Waals surface area contributed by atoms with Crippen LogP contribution in [0.3, 0.4) is 0 Å². The van der Waals surface area contributed by atoms with E-state index in [9.17, 15) is 8.42 Å². The number of aliphatic hydroxyl groups is 2. The van der Waals surface area contributed by atoms with Crippen LogP contribution in [-0.4, -0.2) is 42.4 Å². The van der Waals surface area contributed by atoms with Crippen molar-refractivity contribution in [2.24, 2.45) is 0 Å². The highest BCUT2D eigenvalue weighted by Gasteiger charge is 2.16. The number of halogens is 1. The van der Waals surface area contributed by atoms with Crippen molar-refractivity contribution in [1.82, 2.24) is 0 Å². The van der Waals surface area contributed by atoms with Gasteiger partial charge in [0.25, 0.3) is 10.1 Å². The average molecular weight is 282 g/mol. The highest BCUT2D eigenvalue weighted by atomic mass is 35.5. The molecule has 0 bridgehead atoms. The van der Waals surface area contributed by atoms with Gasteiger partial charge in [0, 0.05) is 11.6 Å². The summed E-state index contributed by atoms with van der Waals surface area (Å²) in [6.07, 6.45) is -1.03. The fraction of sp³-hybridized carbons (Fsp3) is 0.333. The second-order valence-electron chi connectivity index (χ2n) is 3.33. The smallest absolute Gasteiger partial charge is 0.296 e. The minimum atomic E-state index is -4.40. The fourth-order valence-electron chi connectivity index (χ4n) is 1.15. The Labute approximate surface area is 104 Å². The number of hydrogen-bond donors (Lipinski definition) is 4. The van der Waals surface area contributed by atoms with Crippen LogP contribution in [0.1, 0.15) is 0 Å². The van der Waals surface area contributed by atoms with Gasteiger partial charge in [0.15, 0.2) is 0 Å². The van der Waals surface area contributed by atoms with Gasteiger partial charge in [0.1, 0.15) is 4.90 Å². The third-order valence-electron chi connectivity index (χ3n) is 1.96. The summed E-state index contributed by atoms with van der Waals surface area (Å²) < 4.78 is 31.1. The Morgan fingerprint density at radius 1 is 1.41 bits per heavy atom. The number of hydrogen-bond acceptors (Lipinski definition) is 5. The minimum absolute atomic E-state index is 0.0549. The van der Waals surface area contributed by atoms with Crippen LogP contribution in [0.2, 0.25) is 5.02 Å². The van der Waals surface area contributed by atoms with E-state index in [-0.39, 0.29) is 22.2 Å². The van der Waals surface area contributed by atoms with E-state index in [2.05, 4.69) is 5.32 Å². The van der Waals surface area contributed by atoms with Gasteiger partial charge in [-0.05, 0) is 18.2 Å². The molecule has 0 amide bonds. The van der Waals surface area contributed by atoms with Gasteiger partial charge in [-0.25, -0.2) is 0 Å². The van der Waals surface area contributed by atoms with E-state index in [1.807, 2.05) is 0 Å². The lowest BCUT2D eigenvalue weighted by Gasteiger charge is -2.13. The van der Waals surface area contributed by atoms with Crippen LogP contribution in [0.15, 0.2) is 23.1 Å². The van der Waals surface area contributed by atoms with Crippen molar-refractivity contribution in [3.05, 3.63) is 23.2 Å². The molecule has 1 rings (SSSR count). The Hall–Kier alpha value is -0.860. The highest BCUT2D eigenvalue weighted by molar-refractivity contribution is 7.86. The first-order valence-corrected chi connectivity index (χ1v) is 6.46. The molecule has 8 heteroatoms. The summed E-state index contributed by atoms with van der Waals surface area (Å²) in [7, 11) is -4.40. The van der Waals surface area contributed by atoms with E-state index in [0.29, 0.717) is 0 Å². The van der Waals surface area contributed by atoms with E-state index in [1.165, 1.54) is 12.1 Å². The summed E-state index contributed by atoms with van der Waals surface area (Å²) in [6, 6.07) is 3.88. The maximum absolute atomic E-state index is 11.1. The van der Waals surface area contributed by atoms with Gasteiger partial charge in [-0.2, -0.15) is 8.42 Å². The Kier molecular flexibility index (Phi) is 4.72. The molecule has 0 heterocycles. The van der Waals surface area contributed by atoms with Crippen molar-refractivity contribution in [3.63, 3.8) is 0 Å². The number of aliphatic hydroxyl groups excluding tert-OH is 2. The molecular weight excluding hydrogens is 270 g/mol. The minimum Gasteiger partial charge on any atom is -0.394 e. The maximum atomic E-state index is 11.1. The summed E-state index contributed by atoms with van der Waals surface area (Å²) in [5, 5.41) is 20.5. The van der Waals surface area contributed by atoms with E-state index in [0.717, 1.165) is 6.07 Å². The van der Waals surface area contributed by atoms with Crippen molar-refractivity contribution in [3.8, 4) is 0 Å². The first-order chi connectivity index (χ1) is 7.84. The van der Waals surface area contributed by atoms with Crippen LogP contribution in [0.25, 0.3) is 0 Å². The molecule has 96 valence electrons. The van der Waals surface area contributed by atoms with E-state index in [1.54, 1.807) is 0 Å². The maximum Gasteiger partial charge on any atom is 0.296 e.